The van der Waals surface area contributed by atoms with E-state index in [2.05, 4.69) is 283 Å². The molecule has 15 heteroatoms. The molecule has 0 aliphatic rings. The van der Waals surface area contributed by atoms with Gasteiger partial charge in [0.15, 0.2) is 34.9 Å². The van der Waals surface area contributed by atoms with Gasteiger partial charge in [-0.25, -0.2) is 15.0 Å². The molecule has 16 aromatic carbocycles. The van der Waals surface area contributed by atoms with Crippen LogP contribution < -0.4 is 0 Å². The number of furan rings is 1. The molecule has 558 valence electrons. The quantitative estimate of drug-likeness (QED) is 0.116. The number of fused-ring (bicyclic) bond motifs is 10. The van der Waals surface area contributed by atoms with Crippen molar-refractivity contribution < 1.29 is 4.42 Å². The number of benzene rings is 16. The third-order valence-electron chi connectivity index (χ3n) is 21.1. The maximum atomic E-state index is 6.49. The highest BCUT2D eigenvalue weighted by molar-refractivity contribution is 7.25. The second-order valence-electron chi connectivity index (χ2n) is 28.4. The van der Waals surface area contributed by atoms with Crippen LogP contribution in [0.2, 0.25) is 15.9 Å². The fraction of sp³-hybridized carbons (Fsp3) is 0. The summed E-state index contributed by atoms with van der Waals surface area (Å²) in [6.45, 7) is 0. The number of nitrogens with zero attached hydrogens (tertiary/aromatic N) is 10. The summed E-state index contributed by atoms with van der Waals surface area (Å²) in [5.41, 5.74) is 21.5. The standard InChI is InChI=1S/C39H25ClN4.C33H20ClN3S.C31H18ClN3O/c40-39-42-37(28-20-18-27(19-21-28)26-10-3-1-4-11-26)41-38(43-39)31-13-9-12-29(24-31)30-22-23-36-34(25-30)33-16-7-8-17-35(33)44(36)32-14-5-2-6-15-32;34-33-36-31(22-11-5-2-6-12-22)35-32(37-33)26-18-24(21-9-3-1-4-10-21)17-25(19-26)23-15-16-30-28(20-23)27-13-7-8-14-29(27)38-30;32-31-34-29(20-10-2-1-3-11-20)33-30(35-31)25-17-8-18-26-27(25)24-16-7-15-23(28(24)36-26)22-14-6-12-19-9-4-5-13-21(19)22/h1-25H;1-20H;1-18H. The Morgan fingerprint density at radius 3 is 1.31 bits per heavy atom. The Bertz CT molecular complexity index is 7530. The zero-order valence-electron chi connectivity index (χ0n) is 62.8. The Hall–Kier alpha value is -14.5. The summed E-state index contributed by atoms with van der Waals surface area (Å²) in [5, 5.41) is 9.80. The van der Waals surface area contributed by atoms with Gasteiger partial charge < -0.3 is 8.98 Å². The van der Waals surface area contributed by atoms with Crippen LogP contribution in [0, 0.1) is 0 Å². The van der Waals surface area contributed by atoms with E-state index < -0.39 is 0 Å². The van der Waals surface area contributed by atoms with Gasteiger partial charge in [0.2, 0.25) is 15.9 Å². The molecule has 0 saturated carbocycles. The van der Waals surface area contributed by atoms with Crippen LogP contribution in [0.1, 0.15) is 0 Å². The average Bonchev–Trinajstić information content (AvgIpc) is 1.60. The lowest BCUT2D eigenvalue weighted by molar-refractivity contribution is 0.670. The molecule has 11 nitrogen and oxygen atoms in total. The van der Waals surface area contributed by atoms with Crippen molar-refractivity contribution in [2.45, 2.75) is 0 Å². The van der Waals surface area contributed by atoms with E-state index in [0.717, 1.165) is 117 Å². The van der Waals surface area contributed by atoms with E-state index in [4.69, 9.17) is 54.2 Å². The largest absolute Gasteiger partial charge is 0.455 e. The highest BCUT2D eigenvalue weighted by Crippen LogP contribution is 2.44. The lowest BCUT2D eigenvalue weighted by Gasteiger charge is -2.11. The number of aromatic nitrogens is 10. The summed E-state index contributed by atoms with van der Waals surface area (Å²) in [6.07, 6.45) is 0. The zero-order valence-corrected chi connectivity index (χ0v) is 65.9. The van der Waals surface area contributed by atoms with Crippen LogP contribution in [0.15, 0.2) is 387 Å². The van der Waals surface area contributed by atoms with E-state index in [1.807, 2.05) is 145 Å². The molecule has 0 saturated heterocycles. The van der Waals surface area contributed by atoms with Crippen LogP contribution in [-0.4, -0.2) is 49.4 Å². The van der Waals surface area contributed by atoms with Gasteiger partial charge in [0.25, 0.3) is 0 Å². The fourth-order valence-electron chi connectivity index (χ4n) is 15.6. The van der Waals surface area contributed by atoms with Crippen molar-refractivity contribution in [3.8, 4) is 130 Å². The van der Waals surface area contributed by atoms with Crippen LogP contribution in [0.4, 0.5) is 0 Å². The normalized spacial score (nSPS) is 11.3. The predicted molar refractivity (Wildman–Crippen MR) is 486 cm³/mol. The van der Waals surface area contributed by atoms with Crippen molar-refractivity contribution >= 4 is 121 Å². The zero-order chi connectivity index (χ0) is 79.0. The minimum absolute atomic E-state index is 0.153. The van der Waals surface area contributed by atoms with Crippen molar-refractivity contribution in [1.82, 2.24) is 49.4 Å². The van der Waals surface area contributed by atoms with E-state index in [1.54, 1.807) is 0 Å². The molecule has 0 bridgehead atoms. The molecular weight excluding hydrogens is 1530 g/mol. The molecule has 0 N–H and O–H groups in total. The molecule has 0 spiro atoms. The Balaban J connectivity index is 0.000000114. The van der Waals surface area contributed by atoms with Gasteiger partial charge in [0.1, 0.15) is 11.2 Å². The van der Waals surface area contributed by atoms with Crippen LogP contribution in [-0.2, 0) is 0 Å². The number of halogens is 3. The fourth-order valence-corrected chi connectivity index (χ4v) is 17.2. The minimum Gasteiger partial charge on any atom is -0.455 e. The molecule has 0 fully saturated rings. The molecule has 0 aliphatic heterocycles. The SMILES string of the molecule is Clc1nc(-c2ccc(-c3ccccc3)cc2)nc(-c2cccc(-c3ccc4c(c3)c3ccccc3n4-c3ccccc3)c2)n1.Clc1nc(-c2ccccc2)nc(-c2cc(-c3ccccc3)cc(-c3ccc4sc5ccccc5c4c3)c2)n1.Clc1nc(-c2ccccc2)nc(-c2cccc3oc4c(-c5cccc6ccccc56)cccc4c23)n1. The van der Waals surface area contributed by atoms with Crippen molar-refractivity contribution in [2.24, 2.45) is 0 Å². The van der Waals surface area contributed by atoms with Gasteiger partial charge >= 0.3 is 0 Å². The van der Waals surface area contributed by atoms with Crippen molar-refractivity contribution in [1.29, 1.82) is 0 Å². The molecule has 118 heavy (non-hydrogen) atoms. The summed E-state index contributed by atoms with van der Waals surface area (Å²) in [4.78, 5) is 41.1. The first-order chi connectivity index (χ1) is 58.2. The first kappa shape index (κ1) is 72.5. The number of hydrogen-bond acceptors (Lipinski definition) is 11. The Kier molecular flexibility index (Phi) is 19.5. The van der Waals surface area contributed by atoms with Crippen LogP contribution in [0.5, 0.6) is 0 Å². The van der Waals surface area contributed by atoms with Gasteiger partial charge in [-0.2, -0.15) is 29.9 Å². The second-order valence-corrected chi connectivity index (χ2v) is 30.5. The predicted octanol–water partition coefficient (Wildman–Crippen LogP) is 28.4. The van der Waals surface area contributed by atoms with Crippen LogP contribution in [0.3, 0.4) is 0 Å². The highest BCUT2D eigenvalue weighted by atomic mass is 35.5. The van der Waals surface area contributed by atoms with Gasteiger partial charge in [-0.1, -0.05) is 303 Å². The van der Waals surface area contributed by atoms with Crippen LogP contribution in [0.25, 0.3) is 204 Å². The van der Waals surface area contributed by atoms with Gasteiger partial charge in [0.05, 0.1) is 11.0 Å². The van der Waals surface area contributed by atoms with E-state index in [0.29, 0.717) is 34.9 Å². The van der Waals surface area contributed by atoms with Crippen molar-refractivity contribution in [3.05, 3.63) is 398 Å². The van der Waals surface area contributed by atoms with Crippen molar-refractivity contribution in [2.75, 3.05) is 0 Å². The van der Waals surface area contributed by atoms with Crippen LogP contribution >= 0.6 is 46.1 Å². The topological polar surface area (TPSA) is 134 Å². The van der Waals surface area contributed by atoms with Gasteiger partial charge in [0, 0.05) is 86.3 Å². The summed E-state index contributed by atoms with van der Waals surface area (Å²) in [6, 6.07) is 131. The molecule has 6 heterocycles. The third kappa shape index (κ3) is 14.4. The smallest absolute Gasteiger partial charge is 0.226 e. The number of hydrogen-bond donors (Lipinski definition) is 0. The molecule has 22 aromatic rings. The van der Waals surface area contributed by atoms with E-state index in [1.165, 1.54) is 52.8 Å². The summed E-state index contributed by atoms with van der Waals surface area (Å²) < 4.78 is 11.4. The van der Waals surface area contributed by atoms with Gasteiger partial charge in [-0.3, -0.25) is 0 Å². The number of para-hydroxylation sites is 3. The van der Waals surface area contributed by atoms with Gasteiger partial charge in [-0.15, -0.1) is 11.3 Å². The molecule has 0 unspecified atom stereocenters. The summed E-state index contributed by atoms with van der Waals surface area (Å²) in [7, 11) is 0. The molecular formula is C103H63Cl3N10OS. The number of rotatable bonds is 12. The average molecular weight is 1600 g/mol. The van der Waals surface area contributed by atoms with Crippen molar-refractivity contribution in [3.63, 3.8) is 0 Å². The Morgan fingerprint density at radius 2 is 0.619 bits per heavy atom. The first-order valence-electron chi connectivity index (χ1n) is 38.4. The number of thiophene rings is 1. The summed E-state index contributed by atoms with van der Waals surface area (Å²) >= 11 is 21.0. The molecule has 0 radical (unpaired) electrons. The third-order valence-corrected chi connectivity index (χ3v) is 22.8. The van der Waals surface area contributed by atoms with E-state index in [9.17, 15) is 0 Å². The monoisotopic (exact) mass is 1590 g/mol. The molecule has 0 amide bonds. The lowest BCUT2D eigenvalue weighted by Crippen LogP contribution is -1.98. The molecule has 22 rings (SSSR count). The maximum absolute atomic E-state index is 6.49. The first-order valence-corrected chi connectivity index (χ1v) is 40.4. The second kappa shape index (κ2) is 31.7. The molecule has 0 aliphatic carbocycles. The molecule has 0 atom stereocenters. The van der Waals surface area contributed by atoms with E-state index in [-0.39, 0.29) is 15.9 Å². The summed E-state index contributed by atoms with van der Waals surface area (Å²) in [5.74, 6) is 3.23. The van der Waals surface area contributed by atoms with Gasteiger partial charge in [-0.05, 0) is 175 Å². The van der Waals surface area contributed by atoms with E-state index >= 15 is 0 Å². The maximum Gasteiger partial charge on any atom is 0.226 e. The lowest BCUT2D eigenvalue weighted by atomic mass is 9.95. The minimum atomic E-state index is 0.153. The molecule has 6 aromatic heterocycles. The Morgan fingerprint density at radius 1 is 0.229 bits per heavy atom. The Labute approximate surface area is 697 Å². The highest BCUT2D eigenvalue weighted by Gasteiger charge is 2.22.